The monoisotopic (exact) mass is 568 g/mol. The van der Waals surface area contributed by atoms with E-state index in [2.05, 4.69) is 58.3 Å². The number of phenols is 1. The van der Waals surface area contributed by atoms with E-state index >= 15 is 0 Å². The quantitative estimate of drug-likeness (QED) is 0.383. The van der Waals surface area contributed by atoms with Gasteiger partial charge in [0.25, 0.3) is 5.91 Å². The number of hydrazone groups is 1. The number of aromatic hydroxyl groups is 1. The minimum atomic E-state index is -0.445. The van der Waals surface area contributed by atoms with Gasteiger partial charge in [-0.1, -0.05) is 27.5 Å². The normalized spacial score (nSPS) is 10.8. The molecule has 0 aliphatic rings. The maximum absolute atomic E-state index is 11.9. The molecule has 0 aliphatic heterocycles. The highest BCUT2D eigenvalue weighted by Crippen LogP contribution is 2.36. The van der Waals surface area contributed by atoms with Crippen molar-refractivity contribution in [3.63, 3.8) is 0 Å². The van der Waals surface area contributed by atoms with Crippen LogP contribution in [-0.2, 0) is 4.79 Å². The minimum Gasteiger partial charge on any atom is -0.503 e. The summed E-state index contributed by atoms with van der Waals surface area (Å²) in [6.07, 6.45) is 1.37. The van der Waals surface area contributed by atoms with Gasteiger partial charge in [-0.15, -0.1) is 0 Å². The standard InChI is InChI=1S/C16H12Br3ClN2O4/c1-25-13-3-8(2-12(20)15(13)24)6-21-22-14(23)7-26-16-10(18)4-9(17)5-11(16)19/h2-6,24H,7H2,1H3,(H,22,23). The van der Waals surface area contributed by atoms with Crippen LogP contribution in [0.3, 0.4) is 0 Å². The number of halogens is 4. The Hall–Kier alpha value is -1.29. The molecule has 0 saturated carbocycles. The molecule has 0 aliphatic carbocycles. The maximum atomic E-state index is 11.9. The van der Waals surface area contributed by atoms with Crippen molar-refractivity contribution in [3.8, 4) is 17.2 Å². The number of amides is 1. The highest BCUT2D eigenvalue weighted by atomic mass is 79.9. The second-order valence-corrected chi connectivity index (χ2v) is 7.87. The zero-order chi connectivity index (χ0) is 19.3. The summed E-state index contributed by atoms with van der Waals surface area (Å²) >= 11 is 16.0. The zero-order valence-electron chi connectivity index (χ0n) is 13.2. The Labute approximate surface area is 179 Å². The molecule has 0 spiro atoms. The number of nitrogens with one attached hydrogen (secondary N) is 1. The first-order valence-corrected chi connectivity index (χ1v) is 9.73. The van der Waals surface area contributed by atoms with Crippen LogP contribution in [0.1, 0.15) is 5.56 Å². The largest absolute Gasteiger partial charge is 0.503 e. The third-order valence-corrected chi connectivity index (χ3v) is 4.91. The van der Waals surface area contributed by atoms with Gasteiger partial charge in [0.1, 0.15) is 5.75 Å². The predicted octanol–water partition coefficient (Wildman–Crippen LogP) is 4.87. The third kappa shape index (κ3) is 5.60. The first-order valence-electron chi connectivity index (χ1n) is 6.97. The molecule has 2 N–H and O–H groups in total. The fourth-order valence-corrected chi connectivity index (χ4v) is 4.55. The summed E-state index contributed by atoms with van der Waals surface area (Å²) in [5, 5.41) is 13.6. The van der Waals surface area contributed by atoms with E-state index < -0.39 is 5.91 Å². The molecular formula is C16H12Br3ClN2O4. The van der Waals surface area contributed by atoms with Crippen LogP contribution in [0, 0.1) is 0 Å². The molecule has 0 atom stereocenters. The summed E-state index contributed by atoms with van der Waals surface area (Å²) in [4.78, 5) is 11.9. The number of phenolic OH excluding ortho intramolecular Hbond substituents is 1. The first kappa shape index (κ1) is 21.0. The van der Waals surface area contributed by atoms with Crippen LogP contribution in [-0.4, -0.2) is 30.9 Å². The van der Waals surface area contributed by atoms with E-state index in [-0.39, 0.29) is 23.1 Å². The molecule has 2 aromatic rings. The van der Waals surface area contributed by atoms with E-state index in [0.717, 1.165) is 4.47 Å². The summed E-state index contributed by atoms with van der Waals surface area (Å²) in [5.74, 6) is 0.107. The van der Waals surface area contributed by atoms with E-state index in [4.69, 9.17) is 21.1 Å². The van der Waals surface area contributed by atoms with E-state index in [1.165, 1.54) is 25.5 Å². The Morgan fingerprint density at radius 3 is 2.54 bits per heavy atom. The number of hydrogen-bond donors (Lipinski definition) is 2. The number of ether oxygens (including phenoxy) is 2. The lowest BCUT2D eigenvalue weighted by Crippen LogP contribution is -2.24. The van der Waals surface area contributed by atoms with Crippen LogP contribution in [0.5, 0.6) is 17.2 Å². The fraction of sp³-hybridized carbons (Fsp3) is 0.125. The third-order valence-electron chi connectivity index (χ3n) is 2.98. The summed E-state index contributed by atoms with van der Waals surface area (Å²) in [7, 11) is 1.41. The molecule has 0 unspecified atom stereocenters. The van der Waals surface area contributed by atoms with Crippen LogP contribution in [0.2, 0.25) is 5.02 Å². The van der Waals surface area contributed by atoms with Crippen LogP contribution in [0.4, 0.5) is 0 Å². The van der Waals surface area contributed by atoms with Gasteiger partial charge in [0.2, 0.25) is 0 Å². The van der Waals surface area contributed by atoms with Gasteiger partial charge in [0, 0.05) is 4.47 Å². The molecule has 6 nitrogen and oxygen atoms in total. The lowest BCUT2D eigenvalue weighted by molar-refractivity contribution is -0.123. The van der Waals surface area contributed by atoms with E-state index in [0.29, 0.717) is 20.3 Å². The molecule has 10 heteroatoms. The van der Waals surface area contributed by atoms with Gasteiger partial charge >= 0.3 is 0 Å². The molecule has 0 fully saturated rings. The second kappa shape index (κ2) is 9.59. The Kier molecular flexibility index (Phi) is 7.75. The molecule has 2 rings (SSSR count). The number of methoxy groups -OCH3 is 1. The van der Waals surface area contributed by atoms with Crippen molar-refractivity contribution in [2.24, 2.45) is 5.10 Å². The smallest absolute Gasteiger partial charge is 0.277 e. The Bertz CT molecular complexity index is 839. The van der Waals surface area contributed by atoms with Crippen molar-refractivity contribution in [1.82, 2.24) is 5.43 Å². The molecule has 0 heterocycles. The van der Waals surface area contributed by atoms with E-state index in [1.54, 1.807) is 12.1 Å². The van der Waals surface area contributed by atoms with Crippen molar-refractivity contribution in [1.29, 1.82) is 0 Å². The van der Waals surface area contributed by atoms with Gasteiger partial charge in [-0.05, 0) is 61.7 Å². The number of carbonyl (C=O) groups excluding carboxylic acids is 1. The first-order chi connectivity index (χ1) is 12.3. The van der Waals surface area contributed by atoms with Gasteiger partial charge < -0.3 is 14.6 Å². The molecule has 0 aromatic heterocycles. The van der Waals surface area contributed by atoms with Gasteiger partial charge in [-0.2, -0.15) is 5.10 Å². The van der Waals surface area contributed by atoms with Crippen LogP contribution in [0.25, 0.3) is 0 Å². The number of benzene rings is 2. The van der Waals surface area contributed by atoms with Crippen molar-refractivity contribution in [2.45, 2.75) is 0 Å². The van der Waals surface area contributed by atoms with Crippen molar-refractivity contribution in [2.75, 3.05) is 13.7 Å². The molecule has 1 amide bonds. The Balaban J connectivity index is 1.95. The number of hydrogen-bond acceptors (Lipinski definition) is 5. The molecule has 0 bridgehead atoms. The molecular weight excluding hydrogens is 559 g/mol. The summed E-state index contributed by atoms with van der Waals surface area (Å²) < 4.78 is 12.7. The van der Waals surface area contributed by atoms with Crippen LogP contribution in [0.15, 0.2) is 42.8 Å². The predicted molar refractivity (Wildman–Crippen MR) is 110 cm³/mol. The number of rotatable bonds is 6. The second-order valence-electron chi connectivity index (χ2n) is 4.83. The summed E-state index contributed by atoms with van der Waals surface area (Å²) in [5.41, 5.74) is 2.89. The maximum Gasteiger partial charge on any atom is 0.277 e. The average Bonchev–Trinajstić information content (AvgIpc) is 2.56. The van der Waals surface area contributed by atoms with Crippen LogP contribution >= 0.6 is 59.4 Å². The fourth-order valence-electron chi connectivity index (χ4n) is 1.84. The highest BCUT2D eigenvalue weighted by Gasteiger charge is 2.11. The zero-order valence-corrected chi connectivity index (χ0v) is 18.7. The molecule has 2 aromatic carbocycles. The van der Waals surface area contributed by atoms with Gasteiger partial charge in [-0.3, -0.25) is 4.79 Å². The molecule has 0 saturated heterocycles. The average molecular weight is 571 g/mol. The molecule has 26 heavy (non-hydrogen) atoms. The lowest BCUT2D eigenvalue weighted by Gasteiger charge is -2.10. The van der Waals surface area contributed by atoms with Gasteiger partial charge in [0.15, 0.2) is 18.1 Å². The van der Waals surface area contributed by atoms with E-state index in [9.17, 15) is 9.90 Å². The Morgan fingerprint density at radius 2 is 1.92 bits per heavy atom. The van der Waals surface area contributed by atoms with Crippen molar-refractivity contribution >= 4 is 71.5 Å². The lowest BCUT2D eigenvalue weighted by atomic mass is 10.2. The Morgan fingerprint density at radius 1 is 1.27 bits per heavy atom. The van der Waals surface area contributed by atoms with Crippen molar-refractivity contribution in [3.05, 3.63) is 48.3 Å². The molecule has 138 valence electrons. The molecule has 0 radical (unpaired) electrons. The van der Waals surface area contributed by atoms with Gasteiger partial charge in [0.05, 0.1) is 27.3 Å². The SMILES string of the molecule is COc1cc(C=NNC(=O)COc2c(Br)cc(Br)cc2Br)cc(Cl)c1O. The highest BCUT2D eigenvalue weighted by molar-refractivity contribution is 9.11. The van der Waals surface area contributed by atoms with Gasteiger partial charge in [-0.25, -0.2) is 5.43 Å². The van der Waals surface area contributed by atoms with Crippen LogP contribution < -0.4 is 14.9 Å². The van der Waals surface area contributed by atoms with Crippen molar-refractivity contribution < 1.29 is 19.4 Å². The summed E-state index contributed by atoms with van der Waals surface area (Å²) in [6.45, 7) is -0.226. The topological polar surface area (TPSA) is 80.2 Å². The number of nitrogens with zero attached hydrogens (tertiary/aromatic N) is 1. The minimum absolute atomic E-state index is 0.116. The summed E-state index contributed by atoms with van der Waals surface area (Å²) in [6, 6.07) is 6.63. The number of carbonyl (C=O) groups is 1. The van der Waals surface area contributed by atoms with E-state index in [1.807, 2.05) is 0 Å².